The molecule has 1 unspecified atom stereocenters. The minimum Gasteiger partial charge on any atom is -0.171 e. The van der Waals surface area contributed by atoms with Gasteiger partial charge in [-0.25, -0.2) is 0 Å². The lowest BCUT2D eigenvalue weighted by atomic mass is 10.1. The number of rotatable bonds is 2. The number of hydrogen-bond acceptors (Lipinski definition) is 0. The largest absolute Gasteiger partial charge is 0.389 e. The predicted octanol–water partition coefficient (Wildman–Crippen LogP) is 3.62. The molecule has 64 valence electrons. The molecule has 0 fully saturated rings. The molecule has 0 aromatic heterocycles. The van der Waals surface area contributed by atoms with E-state index in [1.807, 2.05) is 0 Å². The quantitative estimate of drug-likeness (QED) is 0.572. The van der Waals surface area contributed by atoms with Crippen LogP contribution in [0.2, 0.25) is 0 Å². The molecule has 10 heavy (non-hydrogen) atoms. The fraction of sp³-hybridized carbons (Fsp3) is 1.00. The molecule has 0 heterocycles. The summed E-state index contributed by atoms with van der Waals surface area (Å²) < 4.78 is 34.5. The minimum absolute atomic E-state index is 0. The lowest BCUT2D eigenvalue weighted by molar-refractivity contribution is -0.143. The van der Waals surface area contributed by atoms with E-state index >= 15 is 0 Å². The summed E-state index contributed by atoms with van der Waals surface area (Å²) in [5.41, 5.74) is 0. The van der Waals surface area contributed by atoms with Crippen molar-refractivity contribution in [1.82, 2.24) is 0 Å². The lowest BCUT2D eigenvalue weighted by Crippen LogP contribution is -2.12. The molecule has 0 saturated carbocycles. The standard InChI is InChI=1S/C6H11F3.CH4/c1-3-5(2)4-6(7,8)9;/h5H,3-4H2,1-2H3;1H4. The van der Waals surface area contributed by atoms with E-state index in [1.54, 1.807) is 13.8 Å². The molecule has 0 amide bonds. The first kappa shape index (κ1) is 12.5. The van der Waals surface area contributed by atoms with Gasteiger partial charge in [0.15, 0.2) is 0 Å². The van der Waals surface area contributed by atoms with Crippen LogP contribution in [0.25, 0.3) is 0 Å². The van der Waals surface area contributed by atoms with E-state index in [4.69, 9.17) is 0 Å². The highest BCUT2D eigenvalue weighted by Gasteiger charge is 2.28. The van der Waals surface area contributed by atoms with Crippen LogP contribution in [0.15, 0.2) is 0 Å². The Morgan fingerprint density at radius 1 is 1.30 bits per heavy atom. The van der Waals surface area contributed by atoms with E-state index in [0.29, 0.717) is 6.42 Å². The van der Waals surface area contributed by atoms with E-state index in [1.165, 1.54) is 0 Å². The Labute approximate surface area is 60.4 Å². The highest BCUT2D eigenvalue weighted by Crippen LogP contribution is 2.25. The summed E-state index contributed by atoms with van der Waals surface area (Å²) >= 11 is 0. The summed E-state index contributed by atoms with van der Waals surface area (Å²) in [6.07, 6.45) is -4.03. The van der Waals surface area contributed by atoms with Crippen molar-refractivity contribution >= 4 is 0 Å². The summed E-state index contributed by atoms with van der Waals surface area (Å²) in [7, 11) is 0. The zero-order valence-corrected chi connectivity index (χ0v) is 5.63. The van der Waals surface area contributed by atoms with Crippen molar-refractivity contribution in [2.75, 3.05) is 0 Å². The van der Waals surface area contributed by atoms with Crippen molar-refractivity contribution in [1.29, 1.82) is 0 Å². The van der Waals surface area contributed by atoms with Gasteiger partial charge in [-0.05, 0) is 5.92 Å². The first-order valence-corrected chi connectivity index (χ1v) is 3.02. The SMILES string of the molecule is C.CCC(C)CC(F)(F)F. The van der Waals surface area contributed by atoms with E-state index in [2.05, 4.69) is 0 Å². The van der Waals surface area contributed by atoms with Gasteiger partial charge in [0, 0.05) is 6.42 Å². The molecular formula is C7H15F3. The van der Waals surface area contributed by atoms with Gasteiger partial charge in [0.25, 0.3) is 0 Å². The van der Waals surface area contributed by atoms with Gasteiger partial charge in [-0.15, -0.1) is 0 Å². The molecule has 0 aliphatic carbocycles. The van der Waals surface area contributed by atoms with Gasteiger partial charge in [-0.3, -0.25) is 0 Å². The molecule has 3 heteroatoms. The summed E-state index contributed by atoms with van der Waals surface area (Å²) in [4.78, 5) is 0. The Balaban J connectivity index is 0. The van der Waals surface area contributed by atoms with E-state index < -0.39 is 12.6 Å². The molecule has 0 radical (unpaired) electrons. The topological polar surface area (TPSA) is 0 Å². The van der Waals surface area contributed by atoms with E-state index in [9.17, 15) is 13.2 Å². The molecule has 0 aliphatic rings. The fourth-order valence-electron chi connectivity index (χ4n) is 0.539. The van der Waals surface area contributed by atoms with Crippen LogP contribution in [-0.4, -0.2) is 6.18 Å². The minimum atomic E-state index is -3.98. The molecule has 0 N–H and O–H groups in total. The van der Waals surface area contributed by atoms with Gasteiger partial charge >= 0.3 is 6.18 Å². The summed E-state index contributed by atoms with van der Waals surface area (Å²) in [6.45, 7) is 3.36. The molecule has 0 aromatic rings. The van der Waals surface area contributed by atoms with Crippen LogP contribution in [0.1, 0.15) is 34.1 Å². The first-order chi connectivity index (χ1) is 3.95. The summed E-state index contributed by atoms with van der Waals surface area (Å²) in [5.74, 6) is -0.231. The highest BCUT2D eigenvalue weighted by atomic mass is 19.4. The fourth-order valence-corrected chi connectivity index (χ4v) is 0.539. The van der Waals surface area contributed by atoms with Crippen LogP contribution in [0, 0.1) is 5.92 Å². The second-order valence-corrected chi connectivity index (χ2v) is 2.33. The third kappa shape index (κ3) is 7.79. The van der Waals surface area contributed by atoms with Gasteiger partial charge in [0.2, 0.25) is 0 Å². The second-order valence-electron chi connectivity index (χ2n) is 2.33. The van der Waals surface area contributed by atoms with Gasteiger partial charge in [0.1, 0.15) is 0 Å². The maximum Gasteiger partial charge on any atom is 0.389 e. The zero-order valence-electron chi connectivity index (χ0n) is 5.63. The zero-order chi connectivity index (χ0) is 7.49. The third-order valence-electron chi connectivity index (χ3n) is 1.28. The molecule has 0 saturated heterocycles. The van der Waals surface area contributed by atoms with Gasteiger partial charge < -0.3 is 0 Å². The lowest BCUT2D eigenvalue weighted by Gasteiger charge is -2.10. The van der Waals surface area contributed by atoms with Crippen molar-refractivity contribution in [3.63, 3.8) is 0 Å². The van der Waals surface area contributed by atoms with Crippen LogP contribution < -0.4 is 0 Å². The predicted molar refractivity (Wildman–Crippen MR) is 36.9 cm³/mol. The average Bonchev–Trinajstić information content (AvgIpc) is 1.62. The van der Waals surface area contributed by atoms with Gasteiger partial charge in [-0.2, -0.15) is 13.2 Å². The molecule has 0 aromatic carbocycles. The van der Waals surface area contributed by atoms with Crippen LogP contribution in [0.3, 0.4) is 0 Å². The smallest absolute Gasteiger partial charge is 0.171 e. The number of alkyl halides is 3. The van der Waals surface area contributed by atoms with E-state index in [-0.39, 0.29) is 13.3 Å². The Bertz CT molecular complexity index is 75.4. The Morgan fingerprint density at radius 3 is 1.80 bits per heavy atom. The molecule has 0 aliphatic heterocycles. The van der Waals surface area contributed by atoms with Crippen molar-refractivity contribution in [2.24, 2.45) is 5.92 Å². The van der Waals surface area contributed by atoms with Gasteiger partial charge in [-0.1, -0.05) is 27.7 Å². The van der Waals surface area contributed by atoms with Crippen molar-refractivity contribution in [3.8, 4) is 0 Å². The first-order valence-electron chi connectivity index (χ1n) is 3.02. The number of halogens is 3. The van der Waals surface area contributed by atoms with Crippen molar-refractivity contribution in [2.45, 2.75) is 40.3 Å². The summed E-state index contributed by atoms with van der Waals surface area (Å²) in [6, 6.07) is 0. The number of hydrogen-bond donors (Lipinski definition) is 0. The molecule has 0 rings (SSSR count). The van der Waals surface area contributed by atoms with E-state index in [0.717, 1.165) is 0 Å². The molecule has 0 nitrogen and oxygen atoms in total. The van der Waals surface area contributed by atoms with Crippen LogP contribution in [0.5, 0.6) is 0 Å². The molecular weight excluding hydrogens is 141 g/mol. The monoisotopic (exact) mass is 156 g/mol. The van der Waals surface area contributed by atoms with Crippen LogP contribution >= 0.6 is 0 Å². The molecule has 0 bridgehead atoms. The summed E-state index contributed by atoms with van der Waals surface area (Å²) in [5, 5.41) is 0. The van der Waals surface area contributed by atoms with Crippen molar-refractivity contribution < 1.29 is 13.2 Å². The molecule has 0 spiro atoms. The second kappa shape index (κ2) is 4.58. The van der Waals surface area contributed by atoms with Gasteiger partial charge in [0.05, 0.1) is 0 Å². The maximum absolute atomic E-state index is 11.5. The highest BCUT2D eigenvalue weighted by molar-refractivity contribution is 4.56. The molecule has 1 atom stereocenters. The Hall–Kier alpha value is -0.210. The Morgan fingerprint density at radius 2 is 1.70 bits per heavy atom. The Kier molecular flexibility index (Phi) is 5.71. The third-order valence-corrected chi connectivity index (χ3v) is 1.28. The normalized spacial score (nSPS) is 14.1. The van der Waals surface area contributed by atoms with Crippen molar-refractivity contribution in [3.05, 3.63) is 0 Å². The maximum atomic E-state index is 11.5. The van der Waals surface area contributed by atoms with Crippen LogP contribution in [0.4, 0.5) is 13.2 Å². The van der Waals surface area contributed by atoms with Crippen LogP contribution in [-0.2, 0) is 0 Å². The average molecular weight is 156 g/mol.